The van der Waals surface area contributed by atoms with Crippen molar-refractivity contribution in [3.63, 3.8) is 0 Å². The summed E-state index contributed by atoms with van der Waals surface area (Å²) in [6, 6.07) is 3.76. The van der Waals surface area contributed by atoms with Crippen LogP contribution in [0.3, 0.4) is 0 Å². The van der Waals surface area contributed by atoms with Crippen molar-refractivity contribution in [2.24, 2.45) is 5.92 Å². The van der Waals surface area contributed by atoms with E-state index in [4.69, 9.17) is 14.3 Å². The Kier molecular flexibility index (Phi) is 7.36. The minimum absolute atomic E-state index is 0.274. The van der Waals surface area contributed by atoms with Crippen LogP contribution in [0.4, 0.5) is 0 Å². The Morgan fingerprint density at radius 2 is 2.20 bits per heavy atom. The number of methoxy groups -OCH3 is 1. The van der Waals surface area contributed by atoms with Gasteiger partial charge < -0.3 is 14.2 Å². The predicted octanol–water partition coefficient (Wildman–Crippen LogP) is 2.30. The van der Waals surface area contributed by atoms with Crippen LogP contribution >= 0.6 is 0 Å². The van der Waals surface area contributed by atoms with Crippen LogP contribution in [0.25, 0.3) is 5.70 Å². The van der Waals surface area contributed by atoms with Gasteiger partial charge in [0.1, 0.15) is 0 Å². The summed E-state index contributed by atoms with van der Waals surface area (Å²) in [5.41, 5.74) is 4.41. The largest absolute Gasteiger partial charge is 0.465 e. The molecule has 138 valence electrons. The van der Waals surface area contributed by atoms with Gasteiger partial charge in [0.25, 0.3) is 5.79 Å². The maximum absolute atomic E-state index is 11.6. The number of esters is 1. The third-order valence-electron chi connectivity index (χ3n) is 4.06. The molecule has 1 aliphatic rings. The van der Waals surface area contributed by atoms with E-state index in [2.05, 4.69) is 21.8 Å². The predicted molar refractivity (Wildman–Crippen MR) is 92.0 cm³/mol. The normalized spacial score (nSPS) is 23.0. The van der Waals surface area contributed by atoms with Crippen molar-refractivity contribution < 1.29 is 23.8 Å². The number of pyridine rings is 1. The molecule has 0 aromatic carbocycles. The molecule has 1 N–H and O–H groups in total. The zero-order valence-corrected chi connectivity index (χ0v) is 14.8. The Balaban J connectivity index is 1.54. The zero-order valence-electron chi connectivity index (χ0n) is 14.8. The number of carbonyl (C=O) groups is 1. The number of hydrogen-bond donors (Lipinski definition) is 1. The third-order valence-corrected chi connectivity index (χ3v) is 4.06. The van der Waals surface area contributed by atoms with Gasteiger partial charge in [-0.15, -0.1) is 0 Å². The van der Waals surface area contributed by atoms with Crippen LogP contribution in [0.2, 0.25) is 0 Å². The lowest BCUT2D eigenvalue weighted by molar-refractivity contribution is -0.272. The van der Waals surface area contributed by atoms with Crippen molar-refractivity contribution in [2.75, 3.05) is 26.9 Å². The highest BCUT2D eigenvalue weighted by Crippen LogP contribution is 2.25. The quantitative estimate of drug-likeness (QED) is 0.416. The molecule has 0 unspecified atom stereocenters. The van der Waals surface area contributed by atoms with E-state index in [1.54, 1.807) is 19.3 Å². The van der Waals surface area contributed by atoms with E-state index in [0.29, 0.717) is 25.5 Å². The number of unbranched alkanes of at least 4 members (excludes halogenated alkanes) is 1. The molecule has 7 nitrogen and oxygen atoms in total. The minimum atomic E-state index is -1.27. The van der Waals surface area contributed by atoms with Gasteiger partial charge in [0, 0.05) is 30.8 Å². The van der Waals surface area contributed by atoms with Crippen LogP contribution in [0.15, 0.2) is 31.1 Å². The van der Waals surface area contributed by atoms with Gasteiger partial charge in [-0.1, -0.05) is 13.0 Å². The molecule has 0 spiro atoms. The summed E-state index contributed by atoms with van der Waals surface area (Å²) in [7, 11) is 1.32. The zero-order chi connectivity index (χ0) is 18.1. The molecular formula is C18H26N2O5. The van der Waals surface area contributed by atoms with Gasteiger partial charge in [0.2, 0.25) is 0 Å². The minimum Gasteiger partial charge on any atom is -0.465 e. The van der Waals surface area contributed by atoms with Crippen molar-refractivity contribution >= 4 is 11.7 Å². The summed E-state index contributed by atoms with van der Waals surface area (Å²) in [4.78, 5) is 21.0. The molecule has 1 fully saturated rings. The van der Waals surface area contributed by atoms with E-state index < -0.39 is 11.8 Å². The molecule has 1 aliphatic heterocycles. The molecule has 0 bridgehead atoms. The Bertz CT molecular complexity index is 556. The van der Waals surface area contributed by atoms with Crippen LogP contribution in [-0.2, 0) is 23.8 Å². The second-order valence-electron chi connectivity index (χ2n) is 6.09. The number of nitrogens with one attached hydrogen (secondary N) is 1. The number of carbonyl (C=O) groups excluding carboxylic acids is 1. The molecule has 2 heterocycles. The Hall–Kier alpha value is -1.96. The van der Waals surface area contributed by atoms with Gasteiger partial charge in [0.05, 0.1) is 32.6 Å². The van der Waals surface area contributed by atoms with Crippen LogP contribution in [0.5, 0.6) is 0 Å². The number of hydrogen-bond acceptors (Lipinski definition) is 7. The van der Waals surface area contributed by atoms with Crippen LogP contribution in [-0.4, -0.2) is 43.7 Å². The van der Waals surface area contributed by atoms with E-state index in [0.717, 1.165) is 24.8 Å². The fourth-order valence-electron chi connectivity index (χ4n) is 2.46. The van der Waals surface area contributed by atoms with Crippen molar-refractivity contribution in [3.8, 4) is 0 Å². The molecule has 0 atom stereocenters. The van der Waals surface area contributed by atoms with Crippen LogP contribution in [0.1, 0.15) is 31.7 Å². The SMILES string of the molecule is C=C(NOCCCCC1COC(C)(C(=O)OC)OC1)c1cccnc1. The molecule has 7 heteroatoms. The van der Waals surface area contributed by atoms with Gasteiger partial charge in [-0.05, 0) is 25.0 Å². The second kappa shape index (κ2) is 9.50. The summed E-state index contributed by atoms with van der Waals surface area (Å²) in [6.45, 7) is 7.05. The van der Waals surface area contributed by atoms with E-state index in [1.807, 2.05) is 12.1 Å². The average molecular weight is 350 g/mol. The fraction of sp³-hybridized carbons (Fsp3) is 0.556. The maximum atomic E-state index is 11.6. The fourth-order valence-corrected chi connectivity index (χ4v) is 2.46. The first-order valence-corrected chi connectivity index (χ1v) is 8.38. The van der Waals surface area contributed by atoms with E-state index in [9.17, 15) is 4.79 Å². The molecule has 25 heavy (non-hydrogen) atoms. The van der Waals surface area contributed by atoms with Crippen LogP contribution < -0.4 is 5.48 Å². The Morgan fingerprint density at radius 3 is 2.84 bits per heavy atom. The lowest BCUT2D eigenvalue weighted by atomic mass is 10.0. The van der Waals surface area contributed by atoms with Gasteiger partial charge in [0.15, 0.2) is 0 Å². The molecule has 0 aliphatic carbocycles. The van der Waals surface area contributed by atoms with E-state index in [1.165, 1.54) is 7.11 Å². The lowest BCUT2D eigenvalue weighted by Crippen LogP contribution is -2.48. The maximum Gasteiger partial charge on any atom is 0.366 e. The summed E-state index contributed by atoms with van der Waals surface area (Å²) >= 11 is 0. The summed E-state index contributed by atoms with van der Waals surface area (Å²) < 4.78 is 15.7. The Labute approximate surface area is 148 Å². The van der Waals surface area contributed by atoms with Crippen molar-refractivity contribution in [2.45, 2.75) is 32.0 Å². The molecule has 0 amide bonds. The van der Waals surface area contributed by atoms with Crippen LogP contribution in [0, 0.1) is 5.92 Å². The van der Waals surface area contributed by atoms with Gasteiger partial charge >= 0.3 is 5.97 Å². The third kappa shape index (κ3) is 5.81. The summed E-state index contributed by atoms with van der Waals surface area (Å²) in [5, 5.41) is 0. The summed E-state index contributed by atoms with van der Waals surface area (Å²) in [5.74, 6) is -1.50. The molecule has 1 aromatic heterocycles. The molecule has 0 saturated carbocycles. The van der Waals surface area contributed by atoms with Crippen molar-refractivity contribution in [3.05, 3.63) is 36.7 Å². The number of rotatable bonds is 9. The standard InChI is InChI=1S/C18H26N2O5/c1-14(16-8-6-9-19-11-16)20-25-10-5-4-7-15-12-23-18(2,24-13-15)17(21)22-3/h6,8-9,11,15,20H,1,4-5,7,10,12-13H2,2-3H3. The number of ether oxygens (including phenoxy) is 3. The summed E-state index contributed by atoms with van der Waals surface area (Å²) in [6.07, 6.45) is 6.27. The van der Waals surface area contributed by atoms with Crippen molar-refractivity contribution in [1.82, 2.24) is 10.5 Å². The second-order valence-corrected chi connectivity index (χ2v) is 6.09. The first-order valence-electron chi connectivity index (χ1n) is 8.38. The van der Waals surface area contributed by atoms with Gasteiger partial charge in [-0.25, -0.2) is 4.79 Å². The first kappa shape index (κ1) is 19.4. The molecule has 1 aromatic rings. The number of aromatic nitrogens is 1. The van der Waals surface area contributed by atoms with Gasteiger partial charge in [-0.3, -0.25) is 15.3 Å². The average Bonchev–Trinajstić information content (AvgIpc) is 2.65. The highest BCUT2D eigenvalue weighted by molar-refractivity contribution is 5.77. The monoisotopic (exact) mass is 350 g/mol. The number of nitrogens with zero attached hydrogens (tertiary/aromatic N) is 1. The van der Waals surface area contributed by atoms with Crippen molar-refractivity contribution in [1.29, 1.82) is 0 Å². The molecular weight excluding hydrogens is 324 g/mol. The smallest absolute Gasteiger partial charge is 0.366 e. The molecule has 2 rings (SSSR count). The highest BCUT2D eigenvalue weighted by atomic mass is 16.7. The topological polar surface area (TPSA) is 78.9 Å². The first-order chi connectivity index (χ1) is 12.0. The Morgan fingerprint density at radius 1 is 1.44 bits per heavy atom. The lowest BCUT2D eigenvalue weighted by Gasteiger charge is -2.35. The number of hydroxylamine groups is 1. The van der Waals surface area contributed by atoms with E-state index >= 15 is 0 Å². The molecule has 1 saturated heterocycles. The highest BCUT2D eigenvalue weighted by Gasteiger charge is 2.41. The van der Waals surface area contributed by atoms with Gasteiger partial charge in [-0.2, -0.15) is 0 Å². The molecule has 0 radical (unpaired) electrons. The van der Waals surface area contributed by atoms with E-state index in [-0.39, 0.29) is 5.92 Å².